The SMILES string of the molecule is C=C1CCC(N2Cc3c(OCc4cccc(CN5CCC(c6ccc(F)cc6F)CC5)c4)cccc3C2=O)C(=O)N1. The molecule has 0 saturated carbocycles. The van der Waals surface area contributed by atoms with Gasteiger partial charge in [-0.2, -0.15) is 0 Å². The van der Waals surface area contributed by atoms with Gasteiger partial charge >= 0.3 is 0 Å². The van der Waals surface area contributed by atoms with Crippen molar-refractivity contribution in [2.75, 3.05) is 13.1 Å². The van der Waals surface area contributed by atoms with Gasteiger partial charge in [0.05, 0.1) is 6.54 Å². The standard InChI is InChI=1S/C33H33F2N3O3/c1-21-8-11-30(32(39)36-21)38-19-28-27(33(38)40)6-3-7-31(28)41-20-23-5-2-4-22(16-23)18-37-14-12-24(13-15-37)26-10-9-25(34)17-29(26)35/h2-7,9-10,16-17,24,30H,1,8,11-15,18-20H2,(H,36,39). The van der Waals surface area contributed by atoms with Crippen molar-refractivity contribution in [1.29, 1.82) is 0 Å². The molecule has 0 spiro atoms. The first kappa shape index (κ1) is 27.1. The van der Waals surface area contributed by atoms with Gasteiger partial charge in [-0.3, -0.25) is 14.5 Å². The van der Waals surface area contributed by atoms with Gasteiger partial charge in [0, 0.05) is 29.4 Å². The molecular formula is C33H33F2N3O3. The number of piperidine rings is 2. The number of rotatable bonds is 7. The number of ether oxygens (including phenoxy) is 1. The number of nitrogens with one attached hydrogen (secondary N) is 1. The minimum Gasteiger partial charge on any atom is -0.489 e. The third kappa shape index (κ3) is 5.75. The number of amides is 2. The van der Waals surface area contributed by atoms with Crippen LogP contribution in [0.3, 0.4) is 0 Å². The van der Waals surface area contributed by atoms with E-state index < -0.39 is 17.7 Å². The monoisotopic (exact) mass is 557 g/mol. The summed E-state index contributed by atoms with van der Waals surface area (Å²) >= 11 is 0. The molecule has 8 heteroatoms. The lowest BCUT2D eigenvalue weighted by Gasteiger charge is -2.32. The van der Waals surface area contributed by atoms with E-state index in [-0.39, 0.29) is 17.7 Å². The lowest BCUT2D eigenvalue weighted by molar-refractivity contribution is -0.126. The van der Waals surface area contributed by atoms with Crippen molar-refractivity contribution >= 4 is 11.8 Å². The summed E-state index contributed by atoms with van der Waals surface area (Å²) in [5.74, 6) is -0.573. The van der Waals surface area contributed by atoms with Gasteiger partial charge in [0.15, 0.2) is 0 Å². The number of benzene rings is 3. The molecule has 2 fully saturated rings. The molecular weight excluding hydrogens is 524 g/mol. The van der Waals surface area contributed by atoms with Crippen LogP contribution in [0.15, 0.2) is 72.9 Å². The van der Waals surface area contributed by atoms with Crippen molar-refractivity contribution in [3.05, 3.63) is 112 Å². The van der Waals surface area contributed by atoms with Crippen LogP contribution < -0.4 is 10.1 Å². The van der Waals surface area contributed by atoms with E-state index in [9.17, 15) is 18.4 Å². The average Bonchev–Trinajstić information content (AvgIpc) is 3.29. The second kappa shape index (κ2) is 11.4. The van der Waals surface area contributed by atoms with Gasteiger partial charge in [0.25, 0.3) is 5.91 Å². The Morgan fingerprint density at radius 1 is 0.951 bits per heavy atom. The zero-order valence-corrected chi connectivity index (χ0v) is 22.9. The molecule has 212 valence electrons. The first-order chi connectivity index (χ1) is 19.9. The number of carbonyl (C=O) groups excluding carboxylic acids is 2. The zero-order valence-electron chi connectivity index (χ0n) is 22.9. The maximum Gasteiger partial charge on any atom is 0.255 e. The van der Waals surface area contributed by atoms with Crippen molar-refractivity contribution in [3.8, 4) is 5.75 Å². The maximum absolute atomic E-state index is 14.2. The summed E-state index contributed by atoms with van der Waals surface area (Å²) in [5.41, 5.74) is 4.88. The molecule has 2 saturated heterocycles. The van der Waals surface area contributed by atoms with Crippen molar-refractivity contribution in [1.82, 2.24) is 15.1 Å². The molecule has 0 bridgehead atoms. The molecule has 6 nitrogen and oxygen atoms in total. The molecule has 3 aromatic rings. The second-order valence-corrected chi connectivity index (χ2v) is 11.2. The van der Waals surface area contributed by atoms with Crippen LogP contribution >= 0.6 is 0 Å². The Morgan fingerprint density at radius 3 is 2.51 bits per heavy atom. The smallest absolute Gasteiger partial charge is 0.255 e. The molecule has 41 heavy (non-hydrogen) atoms. The predicted octanol–water partition coefficient (Wildman–Crippen LogP) is 5.67. The molecule has 3 aliphatic heterocycles. The first-order valence-corrected chi connectivity index (χ1v) is 14.1. The van der Waals surface area contributed by atoms with E-state index in [4.69, 9.17) is 4.74 Å². The van der Waals surface area contributed by atoms with Crippen LogP contribution in [0.1, 0.15) is 64.2 Å². The zero-order chi connectivity index (χ0) is 28.5. The summed E-state index contributed by atoms with van der Waals surface area (Å²) < 4.78 is 33.8. The number of allylic oxidation sites excluding steroid dienone is 1. The van der Waals surface area contributed by atoms with E-state index >= 15 is 0 Å². The maximum atomic E-state index is 14.2. The Kier molecular flexibility index (Phi) is 7.58. The van der Waals surface area contributed by atoms with Gasteiger partial charge in [-0.25, -0.2) is 8.78 Å². The number of likely N-dealkylation sites (tertiary alicyclic amines) is 1. The minimum atomic E-state index is -0.542. The summed E-state index contributed by atoms with van der Waals surface area (Å²) in [6.07, 6.45) is 2.88. The summed E-state index contributed by atoms with van der Waals surface area (Å²) in [7, 11) is 0. The Hall–Kier alpha value is -4.04. The Bertz CT molecular complexity index is 1500. The van der Waals surface area contributed by atoms with E-state index in [1.54, 1.807) is 17.0 Å². The minimum absolute atomic E-state index is 0.106. The van der Waals surface area contributed by atoms with E-state index in [0.29, 0.717) is 48.6 Å². The quantitative estimate of drug-likeness (QED) is 0.407. The summed E-state index contributed by atoms with van der Waals surface area (Å²) in [6, 6.07) is 17.1. The number of halogens is 2. The fraction of sp³-hybridized carbons (Fsp3) is 0.333. The van der Waals surface area contributed by atoms with Crippen LogP contribution in [-0.4, -0.2) is 40.7 Å². The highest BCUT2D eigenvalue weighted by atomic mass is 19.1. The number of fused-ring (bicyclic) bond motifs is 1. The predicted molar refractivity (Wildman–Crippen MR) is 151 cm³/mol. The molecule has 1 N–H and O–H groups in total. The fourth-order valence-electron chi connectivity index (χ4n) is 6.24. The van der Waals surface area contributed by atoms with E-state index in [1.807, 2.05) is 24.3 Å². The van der Waals surface area contributed by atoms with Crippen LogP contribution in [0.5, 0.6) is 5.75 Å². The number of carbonyl (C=O) groups is 2. The number of hydrogen-bond donors (Lipinski definition) is 1. The van der Waals surface area contributed by atoms with Crippen molar-refractivity contribution in [3.63, 3.8) is 0 Å². The molecule has 0 aliphatic carbocycles. The van der Waals surface area contributed by atoms with E-state index in [2.05, 4.69) is 28.9 Å². The van der Waals surface area contributed by atoms with Crippen LogP contribution in [0.4, 0.5) is 8.78 Å². The van der Waals surface area contributed by atoms with Crippen LogP contribution in [0.2, 0.25) is 0 Å². The lowest BCUT2D eigenvalue weighted by atomic mass is 9.89. The Labute approximate surface area is 238 Å². The van der Waals surface area contributed by atoms with Crippen molar-refractivity contribution in [2.24, 2.45) is 0 Å². The summed E-state index contributed by atoms with van der Waals surface area (Å²) in [5, 5.41) is 2.77. The summed E-state index contributed by atoms with van der Waals surface area (Å²) in [4.78, 5) is 29.7. The van der Waals surface area contributed by atoms with Crippen molar-refractivity contribution in [2.45, 2.75) is 57.3 Å². The third-order valence-electron chi connectivity index (χ3n) is 8.43. The van der Waals surface area contributed by atoms with Gasteiger partial charge in [-0.15, -0.1) is 0 Å². The van der Waals surface area contributed by atoms with Gasteiger partial charge in [0.2, 0.25) is 5.91 Å². The third-order valence-corrected chi connectivity index (χ3v) is 8.43. The molecule has 0 radical (unpaired) electrons. The molecule has 1 atom stereocenters. The molecule has 1 unspecified atom stereocenters. The lowest BCUT2D eigenvalue weighted by Crippen LogP contribution is -2.49. The molecule has 2 amide bonds. The van der Waals surface area contributed by atoms with Crippen LogP contribution in [-0.2, 0) is 24.5 Å². The Morgan fingerprint density at radius 2 is 1.73 bits per heavy atom. The Balaban J connectivity index is 1.06. The molecule has 3 heterocycles. The first-order valence-electron chi connectivity index (χ1n) is 14.1. The van der Waals surface area contributed by atoms with Gasteiger partial charge in [-0.05, 0) is 79.6 Å². The normalized spacial score (nSPS) is 19.8. The van der Waals surface area contributed by atoms with E-state index in [1.165, 1.54) is 11.6 Å². The largest absolute Gasteiger partial charge is 0.489 e. The number of hydrogen-bond acceptors (Lipinski definition) is 4. The van der Waals surface area contributed by atoms with E-state index in [0.717, 1.165) is 49.7 Å². The topological polar surface area (TPSA) is 61.9 Å². The molecule has 6 rings (SSSR count). The van der Waals surface area contributed by atoms with Crippen LogP contribution in [0, 0.1) is 11.6 Å². The highest BCUT2D eigenvalue weighted by molar-refractivity contribution is 6.02. The van der Waals surface area contributed by atoms with Gasteiger partial charge in [0.1, 0.15) is 30.0 Å². The number of nitrogens with zero attached hydrogens (tertiary/aromatic N) is 2. The fourth-order valence-corrected chi connectivity index (χ4v) is 6.24. The van der Waals surface area contributed by atoms with Gasteiger partial charge in [-0.1, -0.05) is 43.0 Å². The molecule has 3 aliphatic rings. The average molecular weight is 558 g/mol. The molecule has 0 aromatic heterocycles. The summed E-state index contributed by atoms with van der Waals surface area (Å²) in [6.45, 7) is 6.99. The highest BCUT2D eigenvalue weighted by Gasteiger charge is 2.39. The second-order valence-electron chi connectivity index (χ2n) is 11.2. The van der Waals surface area contributed by atoms with Gasteiger partial charge < -0.3 is 15.0 Å². The molecule has 3 aromatic carbocycles. The highest BCUT2D eigenvalue weighted by Crippen LogP contribution is 2.35. The van der Waals surface area contributed by atoms with Crippen molar-refractivity contribution < 1.29 is 23.1 Å². The van der Waals surface area contributed by atoms with Crippen LogP contribution in [0.25, 0.3) is 0 Å².